The Bertz CT molecular complexity index is 752. The summed E-state index contributed by atoms with van der Waals surface area (Å²) < 4.78 is 1.76. The van der Waals surface area contributed by atoms with Gasteiger partial charge in [0.2, 0.25) is 0 Å². The first-order valence-corrected chi connectivity index (χ1v) is 7.81. The molecule has 0 unspecified atom stereocenters. The normalized spacial score (nSPS) is 20.6. The topological polar surface area (TPSA) is 41.4 Å². The summed E-state index contributed by atoms with van der Waals surface area (Å²) in [5.41, 5.74) is 3.16. The van der Waals surface area contributed by atoms with E-state index in [9.17, 15) is 4.79 Å². The van der Waals surface area contributed by atoms with Crippen LogP contribution in [0.4, 0.5) is 0 Å². The number of fused-ring (bicyclic) bond motifs is 1. The van der Waals surface area contributed by atoms with Crippen LogP contribution in [0.2, 0.25) is 0 Å². The van der Waals surface area contributed by atoms with E-state index in [0.29, 0.717) is 12.6 Å². The van der Waals surface area contributed by atoms with E-state index in [1.54, 1.807) is 10.9 Å². The Labute approximate surface area is 131 Å². The smallest absolute Gasteiger partial charge is 0.261 e. The summed E-state index contributed by atoms with van der Waals surface area (Å²) in [4.78, 5) is 21.9. The monoisotopic (exact) mass is 300 g/mol. The first kappa shape index (κ1) is 15.2. The third kappa shape index (κ3) is 2.66. The number of hydrogen-bond donors (Lipinski definition) is 0. The van der Waals surface area contributed by atoms with Crippen LogP contribution < -0.4 is 5.56 Å². The maximum absolute atomic E-state index is 12.7. The van der Waals surface area contributed by atoms with Crippen molar-refractivity contribution in [3.05, 3.63) is 39.9 Å². The van der Waals surface area contributed by atoms with Crippen molar-refractivity contribution in [2.24, 2.45) is 0 Å². The average molecular weight is 300 g/mol. The number of rotatable bonds is 2. The van der Waals surface area contributed by atoms with Crippen LogP contribution in [0, 0.1) is 13.8 Å². The summed E-state index contributed by atoms with van der Waals surface area (Å²) in [6, 6.07) is 4.26. The predicted octanol–water partition coefficient (Wildman–Crippen LogP) is 1.26. The van der Waals surface area contributed by atoms with Gasteiger partial charge in [-0.05, 0) is 45.1 Å². The van der Waals surface area contributed by atoms with Crippen LogP contribution in [0.25, 0.3) is 10.9 Å². The van der Waals surface area contributed by atoms with Crippen LogP contribution in [0.1, 0.15) is 11.1 Å². The molecule has 0 radical (unpaired) electrons. The molecule has 1 aliphatic rings. The zero-order chi connectivity index (χ0) is 15.9. The zero-order valence-corrected chi connectivity index (χ0v) is 13.8. The molecule has 5 heteroatoms. The molecule has 1 saturated heterocycles. The molecule has 1 atom stereocenters. The van der Waals surface area contributed by atoms with E-state index < -0.39 is 0 Å². The van der Waals surface area contributed by atoms with Gasteiger partial charge in [-0.3, -0.25) is 14.3 Å². The van der Waals surface area contributed by atoms with Gasteiger partial charge < -0.3 is 4.90 Å². The summed E-state index contributed by atoms with van der Waals surface area (Å²) >= 11 is 0. The zero-order valence-electron chi connectivity index (χ0n) is 13.8. The molecule has 0 spiro atoms. The predicted molar refractivity (Wildman–Crippen MR) is 89.4 cm³/mol. The van der Waals surface area contributed by atoms with E-state index in [1.165, 1.54) is 5.56 Å². The van der Waals surface area contributed by atoms with Crippen LogP contribution in [0.3, 0.4) is 0 Å². The molecule has 2 heterocycles. The van der Waals surface area contributed by atoms with E-state index in [0.717, 1.165) is 36.1 Å². The summed E-state index contributed by atoms with van der Waals surface area (Å²) in [5, 5.41) is 0.720. The molecule has 118 valence electrons. The van der Waals surface area contributed by atoms with E-state index in [1.807, 2.05) is 19.1 Å². The van der Waals surface area contributed by atoms with Crippen molar-refractivity contribution in [3.63, 3.8) is 0 Å². The van der Waals surface area contributed by atoms with Crippen LogP contribution in [-0.2, 0) is 6.54 Å². The van der Waals surface area contributed by atoms with E-state index in [4.69, 9.17) is 0 Å². The van der Waals surface area contributed by atoms with Crippen LogP contribution in [-0.4, -0.2) is 59.1 Å². The molecule has 0 bridgehead atoms. The molecule has 5 nitrogen and oxygen atoms in total. The lowest BCUT2D eigenvalue weighted by Crippen LogP contribution is -2.52. The Hall–Kier alpha value is -1.72. The van der Waals surface area contributed by atoms with Gasteiger partial charge in [0.25, 0.3) is 5.56 Å². The Balaban J connectivity index is 1.97. The van der Waals surface area contributed by atoms with Gasteiger partial charge in [0.05, 0.1) is 17.2 Å². The highest BCUT2D eigenvalue weighted by atomic mass is 16.1. The molecule has 1 fully saturated rings. The molecule has 0 amide bonds. The molecular formula is C17H24N4O. The standard InChI is InChI=1S/C17H24N4O/c1-12-5-6-15-16(13(12)2)18-11-21(17(15)22)10-14-9-19(3)7-8-20(14)4/h5-6,11,14H,7-10H2,1-4H3/t14-/m1/s1. The lowest BCUT2D eigenvalue weighted by atomic mass is 10.1. The maximum atomic E-state index is 12.7. The summed E-state index contributed by atoms with van der Waals surface area (Å²) in [6.07, 6.45) is 1.71. The van der Waals surface area contributed by atoms with Gasteiger partial charge in [-0.25, -0.2) is 4.98 Å². The molecule has 3 rings (SSSR count). The van der Waals surface area contributed by atoms with E-state index in [2.05, 4.69) is 35.8 Å². The Morgan fingerprint density at radius 2 is 2.00 bits per heavy atom. The van der Waals surface area contributed by atoms with Crippen LogP contribution in [0.5, 0.6) is 0 Å². The number of aryl methyl sites for hydroxylation is 2. The highest BCUT2D eigenvalue weighted by Crippen LogP contribution is 2.16. The van der Waals surface area contributed by atoms with Crippen molar-refractivity contribution >= 4 is 10.9 Å². The average Bonchev–Trinajstić information content (AvgIpc) is 2.49. The lowest BCUT2D eigenvalue weighted by Gasteiger charge is -2.37. The second kappa shape index (κ2) is 5.82. The Morgan fingerprint density at radius 3 is 2.77 bits per heavy atom. The van der Waals surface area contributed by atoms with E-state index in [-0.39, 0.29) is 5.56 Å². The molecule has 1 aromatic heterocycles. The van der Waals surface area contributed by atoms with Gasteiger partial charge in [0.1, 0.15) is 0 Å². The summed E-state index contributed by atoms with van der Waals surface area (Å²) in [5.74, 6) is 0. The van der Waals surface area contributed by atoms with Crippen molar-refractivity contribution in [1.29, 1.82) is 0 Å². The third-order valence-corrected chi connectivity index (χ3v) is 4.91. The second-order valence-electron chi connectivity index (χ2n) is 6.50. The quantitative estimate of drug-likeness (QED) is 0.837. The van der Waals surface area contributed by atoms with Gasteiger partial charge in [-0.15, -0.1) is 0 Å². The van der Waals surface area contributed by atoms with Crippen molar-refractivity contribution in [2.75, 3.05) is 33.7 Å². The number of benzene rings is 1. The molecule has 22 heavy (non-hydrogen) atoms. The van der Waals surface area contributed by atoms with Crippen LogP contribution in [0.15, 0.2) is 23.3 Å². The van der Waals surface area contributed by atoms with Crippen molar-refractivity contribution in [3.8, 4) is 0 Å². The minimum atomic E-state index is 0.0646. The first-order valence-electron chi connectivity index (χ1n) is 7.81. The maximum Gasteiger partial charge on any atom is 0.261 e. The molecule has 0 N–H and O–H groups in total. The molecular weight excluding hydrogens is 276 g/mol. The van der Waals surface area contributed by atoms with Gasteiger partial charge in [0, 0.05) is 32.2 Å². The van der Waals surface area contributed by atoms with Crippen molar-refractivity contribution < 1.29 is 0 Å². The summed E-state index contributed by atoms with van der Waals surface area (Å²) in [6.45, 7) is 7.86. The number of likely N-dealkylation sites (N-methyl/N-ethyl adjacent to an activating group) is 2. The molecule has 2 aromatic rings. The largest absolute Gasteiger partial charge is 0.303 e. The molecule has 0 aliphatic carbocycles. The number of aromatic nitrogens is 2. The fourth-order valence-corrected chi connectivity index (χ4v) is 3.13. The minimum Gasteiger partial charge on any atom is -0.303 e. The molecule has 1 aromatic carbocycles. The van der Waals surface area contributed by atoms with E-state index >= 15 is 0 Å². The van der Waals surface area contributed by atoms with Gasteiger partial charge in [-0.2, -0.15) is 0 Å². The highest BCUT2D eigenvalue weighted by Gasteiger charge is 2.23. The Kier molecular flexibility index (Phi) is 4.02. The molecule has 1 aliphatic heterocycles. The van der Waals surface area contributed by atoms with Crippen LogP contribution >= 0.6 is 0 Å². The fourth-order valence-electron chi connectivity index (χ4n) is 3.13. The number of hydrogen-bond acceptors (Lipinski definition) is 4. The lowest BCUT2D eigenvalue weighted by molar-refractivity contribution is 0.102. The van der Waals surface area contributed by atoms with Crippen molar-refractivity contribution in [2.45, 2.75) is 26.4 Å². The van der Waals surface area contributed by atoms with Crippen molar-refractivity contribution in [1.82, 2.24) is 19.4 Å². The SMILES string of the molecule is Cc1ccc2c(=O)n(C[C@H]3CN(C)CCN3C)cnc2c1C. The van der Waals surface area contributed by atoms with Gasteiger partial charge in [-0.1, -0.05) is 6.07 Å². The Morgan fingerprint density at radius 1 is 1.23 bits per heavy atom. The number of nitrogens with zero attached hydrogens (tertiary/aromatic N) is 4. The summed E-state index contributed by atoms with van der Waals surface area (Å²) in [7, 11) is 4.26. The minimum absolute atomic E-state index is 0.0646. The first-order chi connectivity index (χ1) is 10.5. The third-order valence-electron chi connectivity index (χ3n) is 4.91. The van der Waals surface area contributed by atoms with Gasteiger partial charge >= 0.3 is 0 Å². The number of piperazine rings is 1. The second-order valence-corrected chi connectivity index (χ2v) is 6.50. The van der Waals surface area contributed by atoms with Gasteiger partial charge in [0.15, 0.2) is 0 Å². The highest BCUT2D eigenvalue weighted by molar-refractivity contribution is 5.81. The fraction of sp³-hybridized carbons (Fsp3) is 0.529. The molecule has 0 saturated carbocycles.